The van der Waals surface area contributed by atoms with Gasteiger partial charge in [0.2, 0.25) is 0 Å². The Labute approximate surface area is 113 Å². The Morgan fingerprint density at radius 3 is 2.88 bits per heavy atom. The fourth-order valence-corrected chi connectivity index (χ4v) is 1.71. The van der Waals surface area contributed by atoms with Gasteiger partial charge in [0.25, 0.3) is 0 Å². The first-order valence-electron chi connectivity index (χ1n) is 5.22. The SMILES string of the molecule is CCOC(=O)Cc1nc2c([nH]1)CNCC2.Cl.Cl. The summed E-state index contributed by atoms with van der Waals surface area (Å²) in [5.41, 5.74) is 2.17. The first kappa shape index (κ1) is 16.2. The summed E-state index contributed by atoms with van der Waals surface area (Å²) in [7, 11) is 0. The third-order valence-electron chi connectivity index (χ3n) is 2.37. The summed E-state index contributed by atoms with van der Waals surface area (Å²) in [6.07, 6.45) is 1.16. The number of hydrogen-bond donors (Lipinski definition) is 2. The standard InChI is InChI=1S/C10H15N3O2.2ClH/c1-2-15-10(14)5-9-12-7-3-4-11-6-8(7)13-9;;/h11H,2-6H2,1H3,(H,12,13);2*1H. The van der Waals surface area contributed by atoms with Gasteiger partial charge in [-0.05, 0) is 6.92 Å². The van der Waals surface area contributed by atoms with E-state index in [4.69, 9.17) is 4.74 Å². The largest absolute Gasteiger partial charge is 0.466 e. The van der Waals surface area contributed by atoms with Crippen LogP contribution in [0, 0.1) is 0 Å². The number of fused-ring (bicyclic) bond motifs is 1. The molecule has 98 valence electrons. The van der Waals surface area contributed by atoms with Crippen LogP contribution in [0.5, 0.6) is 0 Å². The van der Waals surface area contributed by atoms with Crippen molar-refractivity contribution in [3.63, 3.8) is 0 Å². The molecule has 1 aromatic heterocycles. The highest BCUT2D eigenvalue weighted by atomic mass is 35.5. The number of aromatic amines is 1. The van der Waals surface area contributed by atoms with Gasteiger partial charge in [-0.25, -0.2) is 4.98 Å². The van der Waals surface area contributed by atoms with Crippen LogP contribution in [0.15, 0.2) is 0 Å². The summed E-state index contributed by atoms with van der Waals surface area (Å²) in [6.45, 7) is 3.98. The van der Waals surface area contributed by atoms with Crippen LogP contribution in [0.3, 0.4) is 0 Å². The van der Waals surface area contributed by atoms with E-state index in [2.05, 4.69) is 15.3 Å². The summed E-state index contributed by atoms with van der Waals surface area (Å²) in [4.78, 5) is 18.8. The van der Waals surface area contributed by atoms with Gasteiger partial charge in [0, 0.05) is 19.5 Å². The Morgan fingerprint density at radius 1 is 1.47 bits per heavy atom. The van der Waals surface area contributed by atoms with Crippen molar-refractivity contribution in [3.8, 4) is 0 Å². The molecule has 7 heteroatoms. The first-order valence-corrected chi connectivity index (χ1v) is 5.22. The minimum Gasteiger partial charge on any atom is -0.466 e. The zero-order valence-electron chi connectivity index (χ0n) is 9.62. The Bertz CT molecular complexity index is 345. The van der Waals surface area contributed by atoms with Crippen molar-refractivity contribution in [1.82, 2.24) is 15.3 Å². The van der Waals surface area contributed by atoms with E-state index in [0.29, 0.717) is 12.4 Å². The highest BCUT2D eigenvalue weighted by Crippen LogP contribution is 2.11. The molecule has 0 unspecified atom stereocenters. The second-order valence-electron chi connectivity index (χ2n) is 3.52. The maximum Gasteiger partial charge on any atom is 0.313 e. The average molecular weight is 282 g/mol. The Kier molecular flexibility index (Phi) is 7.18. The molecule has 2 heterocycles. The van der Waals surface area contributed by atoms with Crippen LogP contribution >= 0.6 is 24.8 Å². The number of aromatic nitrogens is 2. The maximum atomic E-state index is 11.2. The summed E-state index contributed by atoms with van der Waals surface area (Å²) in [5, 5.41) is 3.25. The molecule has 17 heavy (non-hydrogen) atoms. The normalized spacial score (nSPS) is 13.0. The van der Waals surface area contributed by atoms with Crippen molar-refractivity contribution in [2.45, 2.75) is 26.3 Å². The molecule has 1 aliphatic heterocycles. The van der Waals surface area contributed by atoms with Gasteiger partial charge in [-0.15, -0.1) is 24.8 Å². The molecule has 1 aromatic rings. The van der Waals surface area contributed by atoms with Gasteiger partial charge in [-0.2, -0.15) is 0 Å². The summed E-state index contributed by atoms with van der Waals surface area (Å²) >= 11 is 0. The lowest BCUT2D eigenvalue weighted by Crippen LogP contribution is -2.23. The van der Waals surface area contributed by atoms with Gasteiger partial charge in [0.15, 0.2) is 0 Å². The highest BCUT2D eigenvalue weighted by molar-refractivity contribution is 5.85. The Hall–Kier alpha value is -0.780. The molecule has 5 nitrogen and oxygen atoms in total. The molecule has 0 atom stereocenters. The van der Waals surface area contributed by atoms with E-state index in [9.17, 15) is 4.79 Å². The smallest absolute Gasteiger partial charge is 0.313 e. The minimum atomic E-state index is -0.225. The van der Waals surface area contributed by atoms with Crippen LogP contribution in [-0.2, 0) is 28.9 Å². The number of esters is 1. The Balaban J connectivity index is 0.00000128. The zero-order valence-corrected chi connectivity index (χ0v) is 11.2. The molecule has 0 aliphatic carbocycles. The van der Waals surface area contributed by atoms with Crippen LogP contribution in [0.25, 0.3) is 0 Å². The second kappa shape index (κ2) is 7.53. The molecule has 1 aliphatic rings. The highest BCUT2D eigenvalue weighted by Gasteiger charge is 2.15. The van der Waals surface area contributed by atoms with E-state index < -0.39 is 0 Å². The number of H-pyrrole nitrogens is 1. The molecular weight excluding hydrogens is 265 g/mol. The molecule has 0 spiro atoms. The van der Waals surface area contributed by atoms with Crippen molar-refractivity contribution >= 4 is 30.8 Å². The molecule has 2 rings (SSSR count). The van der Waals surface area contributed by atoms with E-state index in [1.807, 2.05) is 0 Å². The topological polar surface area (TPSA) is 67.0 Å². The fourth-order valence-electron chi connectivity index (χ4n) is 1.71. The van der Waals surface area contributed by atoms with Crippen LogP contribution in [0.1, 0.15) is 24.1 Å². The van der Waals surface area contributed by atoms with Gasteiger partial charge in [-0.1, -0.05) is 0 Å². The third-order valence-corrected chi connectivity index (χ3v) is 2.37. The lowest BCUT2D eigenvalue weighted by molar-refractivity contribution is -0.142. The monoisotopic (exact) mass is 281 g/mol. The van der Waals surface area contributed by atoms with Gasteiger partial charge < -0.3 is 15.0 Å². The lowest BCUT2D eigenvalue weighted by Gasteiger charge is -2.09. The molecule has 0 saturated carbocycles. The molecular formula is C10H17Cl2N3O2. The van der Waals surface area contributed by atoms with Crippen LogP contribution in [0.4, 0.5) is 0 Å². The number of nitrogens with zero attached hydrogens (tertiary/aromatic N) is 1. The van der Waals surface area contributed by atoms with Crippen LogP contribution in [0.2, 0.25) is 0 Å². The van der Waals surface area contributed by atoms with E-state index in [1.54, 1.807) is 6.92 Å². The lowest BCUT2D eigenvalue weighted by atomic mass is 10.2. The predicted molar refractivity (Wildman–Crippen MR) is 68.8 cm³/mol. The van der Waals surface area contributed by atoms with E-state index >= 15 is 0 Å². The second-order valence-corrected chi connectivity index (χ2v) is 3.52. The zero-order chi connectivity index (χ0) is 10.7. The number of ether oxygens (including phenoxy) is 1. The number of imidazole rings is 1. The van der Waals surface area contributed by atoms with E-state index in [1.165, 1.54) is 0 Å². The van der Waals surface area contributed by atoms with Crippen molar-refractivity contribution < 1.29 is 9.53 Å². The summed E-state index contributed by atoms with van der Waals surface area (Å²) in [6, 6.07) is 0. The third kappa shape index (κ3) is 4.18. The number of hydrogen-bond acceptors (Lipinski definition) is 4. The van der Waals surface area contributed by atoms with Crippen molar-refractivity contribution in [2.75, 3.05) is 13.2 Å². The van der Waals surface area contributed by atoms with Crippen molar-refractivity contribution in [3.05, 3.63) is 17.2 Å². The first-order chi connectivity index (χ1) is 7.29. The molecule has 0 fully saturated rings. The van der Waals surface area contributed by atoms with E-state index in [-0.39, 0.29) is 37.2 Å². The molecule has 0 amide bonds. The summed E-state index contributed by atoms with van der Waals surface area (Å²) in [5.74, 6) is 0.485. The molecule has 0 radical (unpaired) electrons. The molecule has 0 saturated heterocycles. The molecule has 2 N–H and O–H groups in total. The van der Waals surface area contributed by atoms with Crippen LogP contribution < -0.4 is 5.32 Å². The molecule has 0 aromatic carbocycles. The quantitative estimate of drug-likeness (QED) is 0.812. The van der Waals surface area contributed by atoms with Crippen molar-refractivity contribution in [2.24, 2.45) is 0 Å². The van der Waals surface area contributed by atoms with Gasteiger partial charge in [0.1, 0.15) is 12.2 Å². The van der Waals surface area contributed by atoms with Crippen LogP contribution in [-0.4, -0.2) is 29.1 Å². The van der Waals surface area contributed by atoms with Gasteiger partial charge >= 0.3 is 5.97 Å². The van der Waals surface area contributed by atoms with Gasteiger partial charge in [-0.3, -0.25) is 4.79 Å². The number of carbonyl (C=O) groups excluding carboxylic acids is 1. The minimum absolute atomic E-state index is 0. The Morgan fingerprint density at radius 2 is 2.24 bits per heavy atom. The number of halogens is 2. The number of carbonyl (C=O) groups is 1. The number of rotatable bonds is 3. The molecule has 0 bridgehead atoms. The fraction of sp³-hybridized carbons (Fsp3) is 0.600. The van der Waals surface area contributed by atoms with Crippen molar-refractivity contribution in [1.29, 1.82) is 0 Å². The number of nitrogens with one attached hydrogen (secondary N) is 2. The summed E-state index contributed by atoms with van der Waals surface area (Å²) < 4.78 is 4.86. The maximum absolute atomic E-state index is 11.2. The predicted octanol–water partition coefficient (Wildman–Crippen LogP) is 1.00. The average Bonchev–Trinajstić information content (AvgIpc) is 2.59. The van der Waals surface area contributed by atoms with Gasteiger partial charge in [0.05, 0.1) is 18.0 Å². The van der Waals surface area contributed by atoms with E-state index in [0.717, 1.165) is 30.9 Å².